The van der Waals surface area contributed by atoms with Crippen molar-refractivity contribution in [1.82, 2.24) is 10.6 Å². The average molecular weight is 330 g/mol. The van der Waals surface area contributed by atoms with Crippen LogP contribution in [0.4, 0.5) is 0 Å². The quantitative estimate of drug-likeness (QED) is 0.567. The molecule has 0 fully saturated rings. The van der Waals surface area contributed by atoms with Crippen molar-refractivity contribution in [3.63, 3.8) is 0 Å². The van der Waals surface area contributed by atoms with Crippen molar-refractivity contribution < 1.29 is 14.4 Å². The molecule has 2 atom stereocenters. The van der Waals surface area contributed by atoms with E-state index < -0.39 is 23.9 Å². The van der Waals surface area contributed by atoms with E-state index in [9.17, 15) is 14.4 Å². The van der Waals surface area contributed by atoms with Gasteiger partial charge in [-0.3, -0.25) is 14.4 Å². The third-order valence-corrected chi connectivity index (χ3v) is 3.42. The Bertz CT molecular complexity index is 610. The molecular weight excluding hydrogens is 308 g/mol. The average Bonchev–Trinajstić information content (AvgIpc) is 2.53. The topological polar surface area (TPSA) is 125 Å². The molecule has 0 saturated carbocycles. The monoisotopic (exact) mass is 330 g/mol. The second-order valence-corrected chi connectivity index (χ2v) is 5.46. The highest BCUT2D eigenvalue weighted by molar-refractivity contribution is 5.91. The molecular formula is C17H22N4O3. The molecule has 3 amide bonds. The number of unbranched alkanes of at least 4 members (excludes halogenated alkanes) is 1. The van der Waals surface area contributed by atoms with E-state index in [2.05, 4.69) is 10.6 Å². The fourth-order valence-corrected chi connectivity index (χ4v) is 2.25. The molecule has 1 rings (SSSR count). The van der Waals surface area contributed by atoms with Gasteiger partial charge in [0, 0.05) is 19.8 Å². The van der Waals surface area contributed by atoms with Gasteiger partial charge in [0.1, 0.15) is 12.1 Å². The maximum Gasteiger partial charge on any atom is 0.243 e. The van der Waals surface area contributed by atoms with E-state index in [1.165, 1.54) is 6.92 Å². The molecule has 0 aliphatic rings. The molecule has 128 valence electrons. The largest absolute Gasteiger partial charge is 0.368 e. The van der Waals surface area contributed by atoms with Gasteiger partial charge in [0.2, 0.25) is 17.7 Å². The summed E-state index contributed by atoms with van der Waals surface area (Å²) in [6, 6.07) is 9.54. The van der Waals surface area contributed by atoms with E-state index in [1.807, 2.05) is 36.4 Å². The number of nitrogens with one attached hydrogen (secondary N) is 2. The number of nitriles is 1. The molecule has 7 nitrogen and oxygen atoms in total. The van der Waals surface area contributed by atoms with Crippen LogP contribution in [-0.2, 0) is 20.8 Å². The molecule has 0 saturated heterocycles. The maximum absolute atomic E-state index is 12.4. The van der Waals surface area contributed by atoms with Crippen molar-refractivity contribution >= 4 is 17.7 Å². The van der Waals surface area contributed by atoms with E-state index in [4.69, 9.17) is 11.0 Å². The number of hydrogen-bond acceptors (Lipinski definition) is 4. The summed E-state index contributed by atoms with van der Waals surface area (Å²) < 4.78 is 0. The number of hydrogen-bond donors (Lipinski definition) is 3. The zero-order valence-electron chi connectivity index (χ0n) is 13.6. The van der Waals surface area contributed by atoms with Gasteiger partial charge in [0.15, 0.2) is 0 Å². The Balaban J connectivity index is 2.76. The minimum atomic E-state index is -0.863. The van der Waals surface area contributed by atoms with Gasteiger partial charge in [0.05, 0.1) is 6.07 Å². The molecule has 4 N–H and O–H groups in total. The Morgan fingerprint density at radius 1 is 1.17 bits per heavy atom. The van der Waals surface area contributed by atoms with Crippen molar-refractivity contribution in [1.29, 1.82) is 5.26 Å². The Kier molecular flexibility index (Phi) is 7.99. The van der Waals surface area contributed by atoms with Gasteiger partial charge in [-0.25, -0.2) is 0 Å². The lowest BCUT2D eigenvalue weighted by Crippen LogP contribution is -2.53. The van der Waals surface area contributed by atoms with Gasteiger partial charge in [-0.2, -0.15) is 5.26 Å². The Hall–Kier alpha value is -2.88. The number of carbonyl (C=O) groups is 3. The standard InChI is InChI=1S/C17H22N4O3/c1-12(22)20-15(11-13-7-3-2-4-8-13)17(24)21-14(16(19)23)9-5-6-10-18/h2-4,7-8,14-15H,5-6,9,11H2,1H3,(H2,19,23)(H,20,22)(H,21,24)/t14-,15-/m1/s1. The second-order valence-electron chi connectivity index (χ2n) is 5.46. The molecule has 0 bridgehead atoms. The van der Waals surface area contributed by atoms with Crippen LogP contribution in [0.5, 0.6) is 0 Å². The maximum atomic E-state index is 12.4. The molecule has 1 aromatic rings. The van der Waals surface area contributed by atoms with Crippen molar-refractivity contribution in [2.45, 2.75) is 44.7 Å². The van der Waals surface area contributed by atoms with E-state index in [-0.39, 0.29) is 18.7 Å². The summed E-state index contributed by atoms with van der Waals surface area (Å²) in [5.74, 6) is -1.48. The van der Waals surface area contributed by atoms with Crippen molar-refractivity contribution in [3.8, 4) is 6.07 Å². The molecule has 0 unspecified atom stereocenters. The molecule has 0 aromatic heterocycles. The minimum absolute atomic E-state index is 0.277. The molecule has 0 heterocycles. The van der Waals surface area contributed by atoms with Crippen molar-refractivity contribution in [2.24, 2.45) is 5.73 Å². The SMILES string of the molecule is CC(=O)N[C@H](Cc1ccccc1)C(=O)N[C@H](CCCC#N)C(N)=O. The number of nitrogens with zero attached hydrogens (tertiary/aromatic N) is 1. The van der Waals surface area contributed by atoms with Crippen LogP contribution in [0, 0.1) is 11.3 Å². The summed E-state index contributed by atoms with van der Waals surface area (Å²) in [7, 11) is 0. The number of carbonyl (C=O) groups excluding carboxylic acids is 3. The normalized spacial score (nSPS) is 12.5. The summed E-state index contributed by atoms with van der Waals surface area (Å²) in [6.07, 6.45) is 1.31. The van der Waals surface area contributed by atoms with Crippen LogP contribution in [0.2, 0.25) is 0 Å². The van der Waals surface area contributed by atoms with Crippen LogP contribution in [0.3, 0.4) is 0 Å². The van der Waals surface area contributed by atoms with E-state index in [0.29, 0.717) is 12.8 Å². The van der Waals surface area contributed by atoms with E-state index in [1.54, 1.807) is 0 Å². The summed E-state index contributed by atoms with van der Waals surface area (Å²) in [6.45, 7) is 1.32. The second kappa shape index (κ2) is 10.0. The number of primary amides is 1. The first-order valence-corrected chi connectivity index (χ1v) is 7.71. The molecule has 7 heteroatoms. The highest BCUT2D eigenvalue weighted by Crippen LogP contribution is 2.06. The summed E-state index contributed by atoms with van der Waals surface area (Å²) >= 11 is 0. The Labute approximate surface area is 141 Å². The van der Waals surface area contributed by atoms with E-state index >= 15 is 0 Å². The summed E-state index contributed by atoms with van der Waals surface area (Å²) in [5, 5.41) is 13.7. The van der Waals surface area contributed by atoms with Crippen LogP contribution in [0.15, 0.2) is 30.3 Å². The fraction of sp³-hybridized carbons (Fsp3) is 0.412. The first kappa shape index (κ1) is 19.2. The lowest BCUT2D eigenvalue weighted by Gasteiger charge is -2.21. The van der Waals surface area contributed by atoms with Crippen LogP contribution >= 0.6 is 0 Å². The smallest absolute Gasteiger partial charge is 0.243 e. The first-order chi connectivity index (χ1) is 11.4. The third-order valence-electron chi connectivity index (χ3n) is 3.42. The number of amides is 3. The zero-order chi connectivity index (χ0) is 17.9. The predicted molar refractivity (Wildman–Crippen MR) is 88.3 cm³/mol. The van der Waals surface area contributed by atoms with Gasteiger partial charge < -0.3 is 16.4 Å². The molecule has 1 aromatic carbocycles. The summed E-state index contributed by atoms with van der Waals surface area (Å²) in [4.78, 5) is 35.3. The molecule has 0 radical (unpaired) electrons. The van der Waals surface area contributed by atoms with Gasteiger partial charge >= 0.3 is 0 Å². The molecule has 0 aliphatic carbocycles. The van der Waals surface area contributed by atoms with Gasteiger partial charge in [0.25, 0.3) is 0 Å². The minimum Gasteiger partial charge on any atom is -0.368 e. The number of benzene rings is 1. The fourth-order valence-electron chi connectivity index (χ4n) is 2.25. The third kappa shape index (κ3) is 6.92. The molecule has 24 heavy (non-hydrogen) atoms. The molecule has 0 aliphatic heterocycles. The number of nitrogens with two attached hydrogens (primary N) is 1. The Morgan fingerprint density at radius 2 is 1.83 bits per heavy atom. The summed E-state index contributed by atoms with van der Waals surface area (Å²) in [5.41, 5.74) is 6.18. The van der Waals surface area contributed by atoms with Crippen LogP contribution in [0.25, 0.3) is 0 Å². The van der Waals surface area contributed by atoms with Gasteiger partial charge in [-0.05, 0) is 18.4 Å². The molecule has 0 spiro atoms. The Morgan fingerprint density at radius 3 is 2.38 bits per heavy atom. The van der Waals surface area contributed by atoms with E-state index in [0.717, 1.165) is 5.56 Å². The highest BCUT2D eigenvalue weighted by Gasteiger charge is 2.24. The van der Waals surface area contributed by atoms with Gasteiger partial charge in [-0.1, -0.05) is 30.3 Å². The van der Waals surface area contributed by atoms with Gasteiger partial charge in [-0.15, -0.1) is 0 Å². The highest BCUT2D eigenvalue weighted by atomic mass is 16.2. The predicted octanol–water partition coefficient (Wildman–Crippen LogP) is 0.398. The van der Waals surface area contributed by atoms with Crippen LogP contribution in [0.1, 0.15) is 31.7 Å². The first-order valence-electron chi connectivity index (χ1n) is 7.71. The number of rotatable bonds is 9. The lowest BCUT2D eigenvalue weighted by atomic mass is 10.0. The lowest BCUT2D eigenvalue weighted by molar-refractivity contribution is -0.130. The van der Waals surface area contributed by atoms with Crippen molar-refractivity contribution in [3.05, 3.63) is 35.9 Å². The van der Waals surface area contributed by atoms with Crippen LogP contribution in [-0.4, -0.2) is 29.8 Å². The van der Waals surface area contributed by atoms with Crippen molar-refractivity contribution in [2.75, 3.05) is 0 Å². The zero-order valence-corrected chi connectivity index (χ0v) is 13.6. The van der Waals surface area contributed by atoms with Crippen LogP contribution < -0.4 is 16.4 Å².